The van der Waals surface area contributed by atoms with E-state index in [4.69, 9.17) is 4.42 Å². The molecule has 482 valence electrons. The van der Waals surface area contributed by atoms with Crippen LogP contribution in [0, 0.1) is 0 Å². The smallest absolute Gasteiger partial charge is 0.252 e. The summed E-state index contributed by atoms with van der Waals surface area (Å²) in [5.74, 6) is 0. The van der Waals surface area contributed by atoms with Gasteiger partial charge in [-0.2, -0.15) is 0 Å². The zero-order valence-corrected chi connectivity index (χ0v) is 56.5. The Morgan fingerprint density at radius 1 is 0.221 bits per heavy atom. The van der Waals surface area contributed by atoms with Gasteiger partial charge in [-0.1, -0.05) is 273 Å². The summed E-state index contributed by atoms with van der Waals surface area (Å²) in [7, 11) is 0. The summed E-state index contributed by atoms with van der Waals surface area (Å²) >= 11 is 0. The highest BCUT2D eigenvalue weighted by Crippen LogP contribution is 2.55. The standard InChI is InChI=1S/C96H61B2N5O/c1-7-29-62(30-8-1)66-55-88-93-90(57-66)102(84-51-28-46-76-75-43-21-26-52-92(75)104-96(76)84)83-50-25-22-47-77(83)97(93)79-60-80-87(61-86(79)100(88)69-39-17-6-18-40-69)103(95-71(64-33-11-3-12-34-64)44-27-45-72(95)65-35-13-4-14-36-65)91-58-67(63-31-9-2-10-32-63)56-89-94(91)98(80)78-54-53-70(59-85(78)99(89)68-37-15-5-16-38-68)101-81-48-23-19-41-73(81)74-42-20-24-49-82(74)101/h1-61H. The molecular weight excluding hydrogens is 1260 g/mol. The average molecular weight is 1320 g/mol. The highest BCUT2D eigenvalue weighted by Gasteiger charge is 2.49. The van der Waals surface area contributed by atoms with Gasteiger partial charge in [0.05, 0.1) is 22.4 Å². The van der Waals surface area contributed by atoms with Crippen LogP contribution in [0.3, 0.4) is 0 Å². The Hall–Kier alpha value is -13.6. The first-order valence-electron chi connectivity index (χ1n) is 36.0. The Morgan fingerprint density at radius 2 is 0.635 bits per heavy atom. The molecule has 0 atom stereocenters. The number of anilines is 12. The van der Waals surface area contributed by atoms with Crippen LogP contribution in [0.1, 0.15) is 0 Å². The lowest BCUT2D eigenvalue weighted by molar-refractivity contribution is 0.669. The van der Waals surface area contributed by atoms with E-state index in [9.17, 15) is 0 Å². The van der Waals surface area contributed by atoms with Gasteiger partial charge in [-0.05, 0) is 163 Å². The zero-order valence-electron chi connectivity index (χ0n) is 56.5. The largest absolute Gasteiger partial charge is 0.454 e. The second-order valence-corrected chi connectivity index (χ2v) is 27.8. The Labute approximate surface area is 603 Å². The second kappa shape index (κ2) is 23.0. The lowest BCUT2D eigenvalue weighted by atomic mass is 9.30. The first-order chi connectivity index (χ1) is 51.6. The number of hydrogen-bond acceptors (Lipinski definition) is 5. The van der Waals surface area contributed by atoms with Gasteiger partial charge in [0.15, 0.2) is 5.58 Å². The molecular formula is C96H61B2N5O. The number of rotatable bonds is 9. The predicted molar refractivity (Wildman–Crippen MR) is 438 cm³/mol. The minimum absolute atomic E-state index is 0.236. The Balaban J connectivity index is 0.897. The van der Waals surface area contributed by atoms with Crippen LogP contribution in [0.25, 0.3) is 93.9 Å². The van der Waals surface area contributed by atoms with Gasteiger partial charge in [0.2, 0.25) is 0 Å². The van der Waals surface area contributed by atoms with Crippen molar-refractivity contribution in [1.82, 2.24) is 4.57 Å². The van der Waals surface area contributed by atoms with Crippen LogP contribution >= 0.6 is 0 Å². The fourth-order valence-electron chi connectivity index (χ4n) is 18.0. The second-order valence-electron chi connectivity index (χ2n) is 27.8. The molecule has 22 rings (SSSR count). The number of nitrogens with zero attached hydrogens (tertiary/aromatic N) is 5. The van der Waals surface area contributed by atoms with Gasteiger partial charge < -0.3 is 28.6 Å². The first-order valence-corrected chi connectivity index (χ1v) is 36.0. The van der Waals surface area contributed by atoms with E-state index in [2.05, 4.69) is 394 Å². The topological polar surface area (TPSA) is 31.0 Å². The number of para-hydroxylation sites is 8. The van der Waals surface area contributed by atoms with Crippen LogP contribution in [0.2, 0.25) is 0 Å². The van der Waals surface area contributed by atoms with Crippen LogP contribution in [0.15, 0.2) is 374 Å². The van der Waals surface area contributed by atoms with E-state index in [-0.39, 0.29) is 13.4 Å². The fourth-order valence-corrected chi connectivity index (χ4v) is 18.0. The molecule has 0 unspecified atom stereocenters. The summed E-state index contributed by atoms with van der Waals surface area (Å²) in [6.07, 6.45) is 0. The highest BCUT2D eigenvalue weighted by molar-refractivity contribution is 7.03. The summed E-state index contributed by atoms with van der Waals surface area (Å²) in [4.78, 5) is 10.4. The quantitative estimate of drug-likeness (QED) is 0.134. The zero-order chi connectivity index (χ0) is 68.1. The molecule has 18 aromatic rings. The molecule has 0 amide bonds. The molecule has 0 radical (unpaired) electrons. The summed E-state index contributed by atoms with van der Waals surface area (Å²) in [6.45, 7) is -0.514. The van der Waals surface area contributed by atoms with E-state index < -0.39 is 0 Å². The number of hydrogen-bond donors (Lipinski definition) is 0. The van der Waals surface area contributed by atoms with Gasteiger partial charge in [0, 0.05) is 95.2 Å². The Morgan fingerprint density at radius 3 is 1.20 bits per heavy atom. The van der Waals surface area contributed by atoms with Crippen molar-refractivity contribution in [3.8, 4) is 50.2 Å². The number of furan rings is 1. The minimum atomic E-state index is -0.278. The molecule has 0 spiro atoms. The number of fused-ring (bicyclic) bond motifs is 14. The van der Waals surface area contributed by atoms with Crippen LogP contribution < -0.4 is 52.4 Å². The lowest BCUT2D eigenvalue weighted by Gasteiger charge is -2.48. The number of aromatic nitrogens is 1. The molecule has 16 aromatic carbocycles. The van der Waals surface area contributed by atoms with Gasteiger partial charge >= 0.3 is 0 Å². The van der Waals surface area contributed by atoms with Gasteiger partial charge in [-0.15, -0.1) is 0 Å². The van der Waals surface area contributed by atoms with E-state index in [1.165, 1.54) is 54.6 Å². The van der Waals surface area contributed by atoms with Crippen molar-refractivity contribution >= 4 is 158 Å². The Kier molecular flexibility index (Phi) is 12.9. The van der Waals surface area contributed by atoms with Gasteiger partial charge in [0.1, 0.15) is 5.58 Å². The normalized spacial score (nSPS) is 13.1. The third kappa shape index (κ3) is 8.66. The predicted octanol–water partition coefficient (Wildman–Crippen LogP) is 21.5. The van der Waals surface area contributed by atoms with Crippen molar-refractivity contribution in [2.75, 3.05) is 19.6 Å². The molecule has 0 bridgehead atoms. The molecule has 0 fully saturated rings. The molecule has 0 N–H and O–H groups in total. The fraction of sp³-hybridized carbons (Fsp3) is 0. The molecule has 6 heterocycles. The summed E-state index contributed by atoms with van der Waals surface area (Å²) < 4.78 is 9.55. The maximum Gasteiger partial charge on any atom is 0.252 e. The molecule has 0 aliphatic carbocycles. The molecule has 2 aromatic heterocycles. The van der Waals surface area contributed by atoms with E-state index >= 15 is 0 Å². The van der Waals surface area contributed by atoms with E-state index in [1.54, 1.807) is 0 Å². The average Bonchev–Trinajstić information content (AvgIpc) is 0.888. The van der Waals surface area contributed by atoms with E-state index in [0.717, 1.165) is 140 Å². The summed E-state index contributed by atoms with van der Waals surface area (Å²) in [5, 5.41) is 4.63. The monoisotopic (exact) mass is 1320 g/mol. The summed E-state index contributed by atoms with van der Waals surface area (Å²) in [5.41, 5.74) is 34.7. The molecule has 6 nitrogen and oxygen atoms in total. The number of benzene rings is 16. The van der Waals surface area contributed by atoms with Crippen LogP contribution in [-0.4, -0.2) is 18.0 Å². The first kappa shape index (κ1) is 58.3. The van der Waals surface area contributed by atoms with Gasteiger partial charge in [0.25, 0.3) is 13.4 Å². The third-order valence-electron chi connectivity index (χ3n) is 22.3. The van der Waals surface area contributed by atoms with Crippen LogP contribution in [-0.2, 0) is 0 Å². The maximum absolute atomic E-state index is 7.08. The highest BCUT2D eigenvalue weighted by atomic mass is 16.3. The molecule has 0 saturated heterocycles. The maximum atomic E-state index is 7.08. The molecule has 4 aliphatic heterocycles. The van der Waals surface area contributed by atoms with E-state index in [0.29, 0.717) is 0 Å². The minimum Gasteiger partial charge on any atom is -0.454 e. The van der Waals surface area contributed by atoms with Gasteiger partial charge in [-0.3, -0.25) is 0 Å². The SMILES string of the molecule is c1ccc(-c2cc3c4c(c2)N(c2c(-c5ccccc5)cccc2-c2ccccc2)c2cc5c(cc2B4c2ccc(-n4c6ccccc6c6ccccc64)cc2N3c2ccccc2)B2c3ccccc3N(c3cccc4c3oc3ccccc34)c3cc(-c4ccccc4)cc(c32)N5c2ccccc2)cc1. The molecule has 4 aliphatic rings. The lowest BCUT2D eigenvalue weighted by Crippen LogP contribution is -2.65. The van der Waals surface area contributed by atoms with Crippen LogP contribution in [0.5, 0.6) is 0 Å². The van der Waals surface area contributed by atoms with Crippen molar-refractivity contribution in [3.05, 3.63) is 370 Å². The van der Waals surface area contributed by atoms with Crippen molar-refractivity contribution < 1.29 is 4.42 Å². The molecule has 8 heteroatoms. The van der Waals surface area contributed by atoms with Crippen molar-refractivity contribution in [1.29, 1.82) is 0 Å². The third-order valence-corrected chi connectivity index (χ3v) is 22.3. The van der Waals surface area contributed by atoms with Gasteiger partial charge in [-0.25, -0.2) is 0 Å². The summed E-state index contributed by atoms with van der Waals surface area (Å²) in [6, 6.07) is 138. The van der Waals surface area contributed by atoms with E-state index in [1.807, 2.05) is 0 Å². The molecule has 0 saturated carbocycles. The van der Waals surface area contributed by atoms with Crippen molar-refractivity contribution in [2.45, 2.75) is 0 Å². The van der Waals surface area contributed by atoms with Crippen LogP contribution in [0.4, 0.5) is 68.2 Å². The molecule has 104 heavy (non-hydrogen) atoms. The van der Waals surface area contributed by atoms with Crippen molar-refractivity contribution in [3.63, 3.8) is 0 Å². The van der Waals surface area contributed by atoms with Crippen molar-refractivity contribution in [2.24, 2.45) is 0 Å². The Bertz CT molecular complexity index is 6410.